The summed E-state index contributed by atoms with van der Waals surface area (Å²) in [6, 6.07) is 12.1. The van der Waals surface area contributed by atoms with E-state index in [-0.39, 0.29) is 17.0 Å². The first-order chi connectivity index (χ1) is 14.7. The Morgan fingerprint density at radius 1 is 1.06 bits per heavy atom. The monoisotopic (exact) mass is 425 g/mol. The second kappa shape index (κ2) is 8.53. The topological polar surface area (TPSA) is 141 Å². The molecule has 160 valence electrons. The van der Waals surface area contributed by atoms with Crippen LogP contribution < -0.4 is 21.4 Å². The van der Waals surface area contributed by atoms with E-state index in [1.54, 1.807) is 24.3 Å². The molecule has 2 aromatic carbocycles. The zero-order valence-corrected chi connectivity index (χ0v) is 16.9. The van der Waals surface area contributed by atoms with E-state index in [1.165, 1.54) is 45.5 Å². The van der Waals surface area contributed by atoms with Crippen molar-refractivity contribution in [1.82, 2.24) is 9.13 Å². The van der Waals surface area contributed by atoms with Gasteiger partial charge < -0.3 is 9.84 Å². The number of non-ortho nitro benzene ring substituents is 1. The lowest BCUT2D eigenvalue weighted by Crippen LogP contribution is -2.40. The van der Waals surface area contributed by atoms with E-state index in [2.05, 4.69) is 10.5 Å². The van der Waals surface area contributed by atoms with Crippen LogP contribution in [0, 0.1) is 10.1 Å². The average molecular weight is 425 g/mol. The highest BCUT2D eigenvalue weighted by atomic mass is 16.6. The summed E-state index contributed by atoms with van der Waals surface area (Å²) in [6.45, 7) is 0. The molecule has 0 aliphatic carbocycles. The van der Waals surface area contributed by atoms with Gasteiger partial charge in [0.15, 0.2) is 0 Å². The minimum atomic E-state index is -0.735. The van der Waals surface area contributed by atoms with E-state index >= 15 is 0 Å². The van der Waals surface area contributed by atoms with Crippen molar-refractivity contribution < 1.29 is 14.8 Å². The number of benzene rings is 2. The number of hydrazone groups is 1. The molecule has 3 aromatic rings. The molecule has 0 radical (unpaired) electrons. The minimum absolute atomic E-state index is 0.0645. The summed E-state index contributed by atoms with van der Waals surface area (Å²) < 4.78 is 6.94. The molecule has 0 atom stereocenters. The van der Waals surface area contributed by atoms with Crippen LogP contribution in [0.5, 0.6) is 11.6 Å². The molecule has 1 heterocycles. The zero-order chi connectivity index (χ0) is 22.7. The average Bonchev–Trinajstić information content (AvgIpc) is 2.79. The van der Waals surface area contributed by atoms with E-state index in [0.29, 0.717) is 17.0 Å². The first-order valence-electron chi connectivity index (χ1n) is 8.96. The Bertz CT molecular complexity index is 1270. The number of aromatic hydroxyl groups is 1. The molecular formula is C20H19N5O6. The lowest BCUT2D eigenvalue weighted by atomic mass is 10.0. The van der Waals surface area contributed by atoms with Gasteiger partial charge in [-0.3, -0.25) is 29.5 Å². The number of nitrogens with one attached hydrogen (secondary N) is 1. The Morgan fingerprint density at radius 3 is 2.23 bits per heavy atom. The van der Waals surface area contributed by atoms with Crippen LogP contribution in [0.25, 0.3) is 0 Å². The molecule has 0 saturated heterocycles. The molecule has 31 heavy (non-hydrogen) atoms. The molecule has 11 nitrogen and oxygen atoms in total. The van der Waals surface area contributed by atoms with Crippen LogP contribution in [0.3, 0.4) is 0 Å². The fraction of sp³-hybridized carbons (Fsp3) is 0.150. The number of hydrogen-bond donors (Lipinski definition) is 2. The smallest absolute Gasteiger partial charge is 0.333 e. The zero-order valence-electron chi connectivity index (χ0n) is 16.9. The van der Waals surface area contributed by atoms with E-state index in [1.807, 2.05) is 0 Å². The van der Waals surface area contributed by atoms with E-state index < -0.39 is 22.1 Å². The van der Waals surface area contributed by atoms with Crippen LogP contribution in [-0.4, -0.2) is 32.0 Å². The molecular weight excluding hydrogens is 406 g/mol. The number of methoxy groups -OCH3 is 1. The molecule has 11 heteroatoms. The third kappa shape index (κ3) is 4.15. The van der Waals surface area contributed by atoms with Gasteiger partial charge in [0.2, 0.25) is 5.88 Å². The number of aromatic nitrogens is 2. The molecule has 0 aliphatic heterocycles. The Morgan fingerprint density at radius 2 is 1.68 bits per heavy atom. The van der Waals surface area contributed by atoms with E-state index in [4.69, 9.17) is 4.74 Å². The Hall–Kier alpha value is -4.41. The summed E-state index contributed by atoms with van der Waals surface area (Å²) in [4.78, 5) is 35.2. The van der Waals surface area contributed by atoms with Gasteiger partial charge in [-0.05, 0) is 36.4 Å². The van der Waals surface area contributed by atoms with Gasteiger partial charge in [0.25, 0.3) is 11.2 Å². The third-order valence-electron chi connectivity index (χ3n) is 4.61. The van der Waals surface area contributed by atoms with Gasteiger partial charge >= 0.3 is 5.69 Å². The summed E-state index contributed by atoms with van der Waals surface area (Å²) in [6.07, 6.45) is 0. The van der Waals surface area contributed by atoms with Gasteiger partial charge in [0.1, 0.15) is 17.0 Å². The Kier molecular flexibility index (Phi) is 5.86. The van der Waals surface area contributed by atoms with Crippen molar-refractivity contribution >= 4 is 17.1 Å². The Balaban J connectivity index is 2.16. The highest BCUT2D eigenvalue weighted by Crippen LogP contribution is 2.20. The number of anilines is 1. The molecule has 2 N–H and O–H groups in total. The molecule has 0 spiro atoms. The summed E-state index contributed by atoms with van der Waals surface area (Å²) in [5.74, 6) is 0.0252. The second-order valence-corrected chi connectivity index (χ2v) is 6.51. The number of ether oxygens (including phenoxy) is 1. The van der Waals surface area contributed by atoms with Gasteiger partial charge in [-0.15, -0.1) is 0 Å². The first-order valence-corrected chi connectivity index (χ1v) is 8.96. The van der Waals surface area contributed by atoms with E-state index in [0.717, 1.165) is 9.13 Å². The van der Waals surface area contributed by atoms with Gasteiger partial charge in [-0.1, -0.05) is 0 Å². The maximum Gasteiger partial charge on any atom is 0.333 e. The van der Waals surface area contributed by atoms with Crippen LogP contribution in [0.1, 0.15) is 11.1 Å². The van der Waals surface area contributed by atoms with Gasteiger partial charge in [0, 0.05) is 31.8 Å². The third-order valence-corrected chi connectivity index (χ3v) is 4.61. The predicted molar refractivity (Wildman–Crippen MR) is 114 cm³/mol. The number of rotatable bonds is 6. The SMILES string of the molecule is COc1ccc(/C(=N/Nc2ccc([N+](=O)[O-])cc2)c2c(O)n(C)c(=O)n(C)c2=O)cc1. The molecule has 0 amide bonds. The van der Waals surface area contributed by atoms with Gasteiger partial charge in [0.05, 0.1) is 17.7 Å². The van der Waals surface area contributed by atoms with Crippen molar-refractivity contribution in [2.45, 2.75) is 0 Å². The molecule has 1 aromatic heterocycles. The van der Waals surface area contributed by atoms with Crippen molar-refractivity contribution in [2.24, 2.45) is 19.2 Å². The molecule has 0 saturated carbocycles. The fourth-order valence-corrected chi connectivity index (χ4v) is 2.83. The van der Waals surface area contributed by atoms with Crippen LogP contribution in [0.4, 0.5) is 11.4 Å². The quantitative estimate of drug-likeness (QED) is 0.347. The van der Waals surface area contributed by atoms with Crippen LogP contribution in [0.15, 0.2) is 63.2 Å². The summed E-state index contributed by atoms with van der Waals surface area (Å²) in [5.41, 5.74) is 1.96. The van der Waals surface area contributed by atoms with Crippen molar-refractivity contribution in [3.05, 3.63) is 90.6 Å². The lowest BCUT2D eigenvalue weighted by molar-refractivity contribution is -0.384. The minimum Gasteiger partial charge on any atom is -0.497 e. The predicted octanol–water partition coefficient (Wildman–Crippen LogP) is 1.57. The first kappa shape index (κ1) is 21.3. The second-order valence-electron chi connectivity index (χ2n) is 6.51. The molecule has 0 fully saturated rings. The number of hydrogen-bond acceptors (Lipinski definition) is 8. The maximum absolute atomic E-state index is 12.8. The Labute approximate surface area is 175 Å². The molecule has 0 bridgehead atoms. The molecule has 3 rings (SSSR count). The van der Waals surface area contributed by atoms with Crippen molar-refractivity contribution in [2.75, 3.05) is 12.5 Å². The van der Waals surface area contributed by atoms with Crippen molar-refractivity contribution in [1.29, 1.82) is 0 Å². The number of nitro benzene ring substituents is 1. The van der Waals surface area contributed by atoms with Crippen LogP contribution in [0.2, 0.25) is 0 Å². The van der Waals surface area contributed by atoms with Crippen LogP contribution in [-0.2, 0) is 14.1 Å². The summed E-state index contributed by atoms with van der Waals surface area (Å²) in [5, 5.41) is 25.6. The molecule has 0 aliphatic rings. The fourth-order valence-electron chi connectivity index (χ4n) is 2.83. The van der Waals surface area contributed by atoms with Crippen molar-refractivity contribution in [3.8, 4) is 11.6 Å². The largest absolute Gasteiger partial charge is 0.497 e. The normalized spacial score (nSPS) is 11.3. The molecule has 0 unspecified atom stereocenters. The summed E-state index contributed by atoms with van der Waals surface area (Å²) >= 11 is 0. The van der Waals surface area contributed by atoms with Gasteiger partial charge in [-0.2, -0.15) is 5.10 Å². The van der Waals surface area contributed by atoms with E-state index in [9.17, 15) is 24.8 Å². The highest BCUT2D eigenvalue weighted by Gasteiger charge is 2.22. The van der Waals surface area contributed by atoms with Gasteiger partial charge in [-0.25, -0.2) is 4.79 Å². The summed E-state index contributed by atoms with van der Waals surface area (Å²) in [7, 11) is 4.13. The van der Waals surface area contributed by atoms with Crippen molar-refractivity contribution in [3.63, 3.8) is 0 Å². The number of nitro groups is 1. The maximum atomic E-state index is 12.8. The lowest BCUT2D eigenvalue weighted by Gasteiger charge is -2.13. The standard InChI is InChI=1S/C20H19N5O6/c1-23-18(26)16(19(27)24(2)20(23)28)17(12-4-10-15(31-3)11-5-12)22-21-13-6-8-14(9-7-13)25(29)30/h4-11,21,26H,1-3H3/b22-17-. The number of nitrogens with zero attached hydrogens (tertiary/aromatic N) is 4. The van der Waals surface area contributed by atoms with Crippen LogP contribution >= 0.6 is 0 Å². The highest BCUT2D eigenvalue weighted by molar-refractivity contribution is 6.14.